The van der Waals surface area contributed by atoms with Crippen molar-refractivity contribution in [3.63, 3.8) is 0 Å². The van der Waals surface area contributed by atoms with Gasteiger partial charge in [0.15, 0.2) is 0 Å². The third kappa shape index (κ3) is 2.11. The molecule has 68 valence electrons. The molecule has 1 heterocycles. The van der Waals surface area contributed by atoms with E-state index < -0.39 is 0 Å². The van der Waals surface area contributed by atoms with Crippen molar-refractivity contribution >= 4 is 16.7 Å². The van der Waals surface area contributed by atoms with Gasteiger partial charge in [-0.2, -0.15) is 0 Å². The Morgan fingerprint density at radius 2 is 1.92 bits per heavy atom. The zero-order valence-corrected chi connectivity index (χ0v) is 7.73. The number of hydrogen-bond acceptors (Lipinski definition) is 4. The minimum absolute atomic E-state index is 0.693. The van der Waals surface area contributed by atoms with E-state index in [9.17, 15) is 0 Å². The first kappa shape index (κ1) is 9.38. The first-order valence-electron chi connectivity index (χ1n) is 4.19. The van der Waals surface area contributed by atoms with Gasteiger partial charge in [0.2, 0.25) is 0 Å². The van der Waals surface area contributed by atoms with Crippen LogP contribution < -0.4 is 5.73 Å². The lowest BCUT2D eigenvalue weighted by atomic mass is 10.3. The standard InChI is InChI=1S/C7H6N4.C2H6/c8-5-1-2-6-7(3-5)9-4-10-11-6;1-2/h1-4H,8H2;1-2H3. The Morgan fingerprint density at radius 3 is 2.69 bits per heavy atom. The summed E-state index contributed by atoms with van der Waals surface area (Å²) in [5, 5.41) is 7.49. The summed E-state index contributed by atoms with van der Waals surface area (Å²) in [5.74, 6) is 0. The lowest BCUT2D eigenvalue weighted by molar-refractivity contribution is 1.02. The van der Waals surface area contributed by atoms with Gasteiger partial charge in [0.05, 0.1) is 5.52 Å². The van der Waals surface area contributed by atoms with Gasteiger partial charge in [-0.05, 0) is 18.2 Å². The van der Waals surface area contributed by atoms with Gasteiger partial charge in [-0.15, -0.1) is 10.2 Å². The normalized spacial score (nSPS) is 9.08. The van der Waals surface area contributed by atoms with Gasteiger partial charge < -0.3 is 5.73 Å². The van der Waals surface area contributed by atoms with Crippen LogP contribution in [0.4, 0.5) is 5.69 Å². The number of aromatic nitrogens is 3. The summed E-state index contributed by atoms with van der Waals surface area (Å²) in [4.78, 5) is 3.99. The van der Waals surface area contributed by atoms with E-state index in [4.69, 9.17) is 5.73 Å². The van der Waals surface area contributed by atoms with E-state index in [1.165, 1.54) is 6.33 Å². The highest BCUT2D eigenvalue weighted by Crippen LogP contribution is 2.10. The second-order valence-electron chi connectivity index (χ2n) is 2.21. The average molecular weight is 176 g/mol. The molecule has 4 heteroatoms. The average Bonchev–Trinajstić information content (AvgIpc) is 2.21. The molecule has 1 aromatic heterocycles. The Bertz CT molecular complexity index is 386. The Kier molecular flexibility index (Phi) is 3.14. The fraction of sp³-hybridized carbons (Fsp3) is 0.222. The minimum Gasteiger partial charge on any atom is -0.399 e. The molecule has 0 atom stereocenters. The second kappa shape index (κ2) is 4.35. The first-order valence-corrected chi connectivity index (χ1v) is 4.19. The van der Waals surface area contributed by atoms with Crippen LogP contribution in [0, 0.1) is 0 Å². The summed E-state index contributed by atoms with van der Waals surface area (Å²) in [5.41, 5.74) is 7.77. The summed E-state index contributed by atoms with van der Waals surface area (Å²) < 4.78 is 0. The van der Waals surface area contributed by atoms with Crippen LogP contribution >= 0.6 is 0 Å². The van der Waals surface area contributed by atoms with E-state index >= 15 is 0 Å². The molecule has 0 saturated heterocycles. The van der Waals surface area contributed by atoms with Gasteiger partial charge in [-0.3, -0.25) is 0 Å². The third-order valence-corrected chi connectivity index (χ3v) is 1.41. The van der Waals surface area contributed by atoms with Crippen molar-refractivity contribution in [2.45, 2.75) is 13.8 Å². The maximum absolute atomic E-state index is 5.54. The SMILES string of the molecule is CC.Nc1ccc2nncnc2c1. The lowest BCUT2D eigenvalue weighted by Crippen LogP contribution is -1.89. The molecular formula is C9H12N4. The van der Waals surface area contributed by atoms with Crippen LogP contribution in [0.2, 0.25) is 0 Å². The number of nitrogens with two attached hydrogens (primary N) is 1. The van der Waals surface area contributed by atoms with Crippen molar-refractivity contribution in [1.29, 1.82) is 0 Å². The molecule has 4 nitrogen and oxygen atoms in total. The zero-order chi connectivity index (χ0) is 9.68. The van der Waals surface area contributed by atoms with Crippen molar-refractivity contribution in [3.05, 3.63) is 24.5 Å². The van der Waals surface area contributed by atoms with Crippen LogP contribution in [0.5, 0.6) is 0 Å². The number of fused-ring (bicyclic) bond motifs is 1. The molecule has 1 aromatic carbocycles. The predicted molar refractivity (Wildman–Crippen MR) is 53.1 cm³/mol. The molecule has 13 heavy (non-hydrogen) atoms. The van der Waals surface area contributed by atoms with Crippen molar-refractivity contribution in [1.82, 2.24) is 15.2 Å². The molecule has 2 N–H and O–H groups in total. The number of hydrogen-bond donors (Lipinski definition) is 1. The fourth-order valence-corrected chi connectivity index (χ4v) is 0.904. The quantitative estimate of drug-likeness (QED) is 0.619. The van der Waals surface area contributed by atoms with Crippen molar-refractivity contribution in [3.8, 4) is 0 Å². The van der Waals surface area contributed by atoms with Crippen LogP contribution in [-0.2, 0) is 0 Å². The number of nitrogen functional groups attached to an aromatic ring is 1. The highest BCUT2D eigenvalue weighted by Gasteiger charge is 1.93. The Balaban J connectivity index is 0.000000396. The number of benzene rings is 1. The topological polar surface area (TPSA) is 64.7 Å². The van der Waals surface area contributed by atoms with Crippen molar-refractivity contribution in [2.75, 3.05) is 5.73 Å². The molecule has 0 amide bonds. The van der Waals surface area contributed by atoms with Gasteiger partial charge in [0, 0.05) is 5.69 Å². The Labute approximate surface area is 76.8 Å². The van der Waals surface area contributed by atoms with Gasteiger partial charge in [-0.1, -0.05) is 13.8 Å². The van der Waals surface area contributed by atoms with Crippen LogP contribution in [0.3, 0.4) is 0 Å². The van der Waals surface area contributed by atoms with Crippen LogP contribution in [0.25, 0.3) is 11.0 Å². The smallest absolute Gasteiger partial charge is 0.138 e. The molecule has 0 spiro atoms. The Hall–Kier alpha value is -1.71. The first-order chi connectivity index (χ1) is 6.36. The van der Waals surface area contributed by atoms with E-state index in [1.807, 2.05) is 13.8 Å². The molecule has 0 aliphatic carbocycles. The molecule has 0 unspecified atom stereocenters. The van der Waals surface area contributed by atoms with Crippen LogP contribution in [-0.4, -0.2) is 15.2 Å². The highest BCUT2D eigenvalue weighted by atomic mass is 15.1. The molecular weight excluding hydrogens is 164 g/mol. The van der Waals surface area contributed by atoms with Crippen molar-refractivity contribution < 1.29 is 0 Å². The summed E-state index contributed by atoms with van der Waals surface area (Å²) >= 11 is 0. The molecule has 0 saturated carbocycles. The highest BCUT2D eigenvalue weighted by molar-refractivity contribution is 5.76. The predicted octanol–water partition coefficient (Wildman–Crippen LogP) is 1.63. The largest absolute Gasteiger partial charge is 0.399 e. The van der Waals surface area contributed by atoms with E-state index in [0.717, 1.165) is 11.0 Å². The molecule has 2 rings (SSSR count). The lowest BCUT2D eigenvalue weighted by Gasteiger charge is -1.94. The van der Waals surface area contributed by atoms with E-state index in [-0.39, 0.29) is 0 Å². The van der Waals surface area contributed by atoms with E-state index in [1.54, 1.807) is 18.2 Å². The second-order valence-corrected chi connectivity index (χ2v) is 2.21. The van der Waals surface area contributed by atoms with Crippen molar-refractivity contribution in [2.24, 2.45) is 0 Å². The number of anilines is 1. The third-order valence-electron chi connectivity index (χ3n) is 1.41. The summed E-state index contributed by atoms with van der Waals surface area (Å²) in [6.07, 6.45) is 1.40. The van der Waals surface area contributed by atoms with Crippen LogP contribution in [0.1, 0.15) is 13.8 Å². The summed E-state index contributed by atoms with van der Waals surface area (Å²) in [6, 6.07) is 5.34. The minimum atomic E-state index is 0.693. The molecule has 0 radical (unpaired) electrons. The van der Waals surface area contributed by atoms with E-state index in [2.05, 4.69) is 15.2 Å². The molecule has 0 aliphatic heterocycles. The van der Waals surface area contributed by atoms with Gasteiger partial charge in [0.25, 0.3) is 0 Å². The molecule has 0 aliphatic rings. The summed E-state index contributed by atoms with van der Waals surface area (Å²) in [6.45, 7) is 4.00. The maximum Gasteiger partial charge on any atom is 0.138 e. The monoisotopic (exact) mass is 176 g/mol. The number of nitrogens with zero attached hydrogens (tertiary/aromatic N) is 3. The molecule has 2 aromatic rings. The van der Waals surface area contributed by atoms with Gasteiger partial charge in [-0.25, -0.2) is 4.98 Å². The van der Waals surface area contributed by atoms with Crippen LogP contribution in [0.15, 0.2) is 24.5 Å². The van der Waals surface area contributed by atoms with E-state index in [0.29, 0.717) is 5.69 Å². The van der Waals surface area contributed by atoms with Gasteiger partial charge >= 0.3 is 0 Å². The maximum atomic E-state index is 5.54. The summed E-state index contributed by atoms with van der Waals surface area (Å²) in [7, 11) is 0. The zero-order valence-electron chi connectivity index (χ0n) is 7.73. The Morgan fingerprint density at radius 1 is 1.15 bits per heavy atom. The van der Waals surface area contributed by atoms with Gasteiger partial charge in [0.1, 0.15) is 11.8 Å². The number of rotatable bonds is 0. The fourth-order valence-electron chi connectivity index (χ4n) is 0.904. The molecule has 0 bridgehead atoms. The molecule has 0 fully saturated rings.